The molecule has 3 nitrogen and oxygen atoms in total. The minimum Gasteiger partial charge on any atom is -0.357 e. The summed E-state index contributed by atoms with van der Waals surface area (Å²) in [6.07, 6.45) is 7.93. The van der Waals surface area contributed by atoms with Crippen LogP contribution in [0.3, 0.4) is 0 Å². The van der Waals surface area contributed by atoms with Crippen molar-refractivity contribution in [2.75, 3.05) is 6.61 Å². The van der Waals surface area contributed by atoms with Gasteiger partial charge in [-0.05, 0) is 42.5 Å². The Hall–Kier alpha value is -1.68. The monoisotopic (exact) mass is 260 g/mol. The molecular weight excluding hydrogens is 243 g/mol. The summed E-state index contributed by atoms with van der Waals surface area (Å²) < 4.78 is 20.7. The van der Waals surface area contributed by atoms with Gasteiger partial charge in [0.05, 0.1) is 6.20 Å². The summed E-state index contributed by atoms with van der Waals surface area (Å²) in [4.78, 5) is 0. The van der Waals surface area contributed by atoms with Crippen LogP contribution in [-0.2, 0) is 11.2 Å². The number of hydrogen-bond donors (Lipinski definition) is 0. The van der Waals surface area contributed by atoms with Crippen LogP contribution in [0.1, 0.15) is 36.6 Å². The van der Waals surface area contributed by atoms with Gasteiger partial charge in [0.2, 0.25) is 0 Å². The van der Waals surface area contributed by atoms with Gasteiger partial charge < -0.3 is 4.74 Å². The Kier molecular flexibility index (Phi) is 3.60. The number of hydrogen-bond acceptors (Lipinski definition) is 2. The second-order valence-corrected chi connectivity index (χ2v) is 4.96. The topological polar surface area (TPSA) is 27.1 Å². The van der Waals surface area contributed by atoms with Crippen molar-refractivity contribution in [3.63, 3.8) is 0 Å². The maximum absolute atomic E-state index is 13.1. The van der Waals surface area contributed by atoms with Crippen molar-refractivity contribution in [2.24, 2.45) is 0 Å². The SMILES string of the molecule is Fc1cccc(Cc2cnn(C3CCCCO3)c2)c1. The van der Waals surface area contributed by atoms with Crippen molar-refractivity contribution in [2.45, 2.75) is 31.9 Å². The van der Waals surface area contributed by atoms with Gasteiger partial charge in [0.15, 0.2) is 0 Å². The standard InChI is InChI=1S/C15H17FN2O/c16-14-5-3-4-12(9-14)8-13-10-17-18(11-13)15-6-1-2-7-19-15/h3-5,9-11,15H,1-2,6-8H2. The fourth-order valence-electron chi connectivity index (χ4n) is 2.44. The molecule has 0 saturated carbocycles. The lowest BCUT2D eigenvalue weighted by molar-refractivity contribution is -0.0395. The molecule has 3 rings (SSSR count). The molecule has 0 amide bonds. The molecule has 4 heteroatoms. The molecule has 100 valence electrons. The van der Waals surface area contributed by atoms with Gasteiger partial charge in [0, 0.05) is 19.2 Å². The van der Waals surface area contributed by atoms with E-state index in [1.165, 1.54) is 12.5 Å². The van der Waals surface area contributed by atoms with Crippen LogP contribution >= 0.6 is 0 Å². The molecule has 1 aliphatic heterocycles. The molecule has 1 unspecified atom stereocenters. The first kappa shape index (κ1) is 12.4. The van der Waals surface area contributed by atoms with E-state index in [1.807, 2.05) is 23.1 Å². The molecule has 1 aliphatic rings. The predicted molar refractivity (Wildman–Crippen MR) is 70.3 cm³/mol. The highest BCUT2D eigenvalue weighted by atomic mass is 19.1. The molecule has 1 aromatic carbocycles. The average Bonchev–Trinajstić information content (AvgIpc) is 2.88. The van der Waals surface area contributed by atoms with E-state index in [9.17, 15) is 4.39 Å². The number of aromatic nitrogens is 2. The van der Waals surface area contributed by atoms with E-state index in [0.29, 0.717) is 6.42 Å². The van der Waals surface area contributed by atoms with Gasteiger partial charge in [-0.2, -0.15) is 5.10 Å². The van der Waals surface area contributed by atoms with Crippen LogP contribution in [0, 0.1) is 5.82 Å². The van der Waals surface area contributed by atoms with Crippen molar-refractivity contribution >= 4 is 0 Å². The van der Waals surface area contributed by atoms with Gasteiger partial charge in [-0.1, -0.05) is 12.1 Å². The van der Waals surface area contributed by atoms with Gasteiger partial charge in [-0.25, -0.2) is 9.07 Å². The van der Waals surface area contributed by atoms with Gasteiger partial charge in [-0.3, -0.25) is 0 Å². The van der Waals surface area contributed by atoms with E-state index in [4.69, 9.17) is 4.74 Å². The Balaban J connectivity index is 1.70. The van der Waals surface area contributed by atoms with Crippen LogP contribution in [-0.4, -0.2) is 16.4 Å². The third-order valence-corrected chi connectivity index (χ3v) is 3.40. The highest BCUT2D eigenvalue weighted by molar-refractivity contribution is 5.23. The van der Waals surface area contributed by atoms with Crippen LogP contribution in [0.15, 0.2) is 36.7 Å². The van der Waals surface area contributed by atoms with Crippen molar-refractivity contribution in [1.82, 2.24) is 9.78 Å². The van der Waals surface area contributed by atoms with E-state index in [-0.39, 0.29) is 12.0 Å². The minimum absolute atomic E-state index is 0.0648. The quantitative estimate of drug-likeness (QED) is 0.846. The summed E-state index contributed by atoms with van der Waals surface area (Å²) in [6, 6.07) is 6.69. The summed E-state index contributed by atoms with van der Waals surface area (Å²) in [5.74, 6) is -0.194. The zero-order valence-electron chi connectivity index (χ0n) is 10.8. The smallest absolute Gasteiger partial charge is 0.150 e. The number of ether oxygens (including phenoxy) is 1. The second kappa shape index (κ2) is 5.53. The molecule has 0 aliphatic carbocycles. The third kappa shape index (κ3) is 3.01. The molecule has 0 bridgehead atoms. The first-order chi connectivity index (χ1) is 9.31. The Morgan fingerprint density at radius 1 is 1.32 bits per heavy atom. The van der Waals surface area contributed by atoms with Crippen LogP contribution in [0.4, 0.5) is 4.39 Å². The Labute approximate surface area is 112 Å². The van der Waals surface area contributed by atoms with E-state index >= 15 is 0 Å². The maximum atomic E-state index is 13.1. The number of benzene rings is 1. The van der Waals surface area contributed by atoms with E-state index in [1.54, 1.807) is 12.1 Å². The molecule has 1 saturated heterocycles. The Morgan fingerprint density at radius 3 is 3.05 bits per heavy atom. The minimum atomic E-state index is -0.194. The molecule has 0 radical (unpaired) electrons. The van der Waals surface area contributed by atoms with Crippen molar-refractivity contribution in [1.29, 1.82) is 0 Å². The largest absolute Gasteiger partial charge is 0.357 e. The first-order valence-electron chi connectivity index (χ1n) is 6.70. The fourth-order valence-corrected chi connectivity index (χ4v) is 2.44. The van der Waals surface area contributed by atoms with Gasteiger partial charge in [0.25, 0.3) is 0 Å². The predicted octanol–water partition coefficient (Wildman–Crippen LogP) is 3.31. The van der Waals surface area contributed by atoms with Gasteiger partial charge in [-0.15, -0.1) is 0 Å². The molecular formula is C15H17FN2O. The molecule has 1 aromatic heterocycles. The lowest BCUT2D eigenvalue weighted by atomic mass is 10.1. The summed E-state index contributed by atoms with van der Waals surface area (Å²) in [7, 11) is 0. The fraction of sp³-hybridized carbons (Fsp3) is 0.400. The van der Waals surface area contributed by atoms with Crippen LogP contribution < -0.4 is 0 Å². The molecule has 2 aromatic rings. The molecule has 19 heavy (non-hydrogen) atoms. The highest BCUT2D eigenvalue weighted by Gasteiger charge is 2.16. The van der Waals surface area contributed by atoms with Crippen molar-refractivity contribution < 1.29 is 9.13 Å². The van der Waals surface area contributed by atoms with Gasteiger partial charge in [0.1, 0.15) is 12.0 Å². The highest BCUT2D eigenvalue weighted by Crippen LogP contribution is 2.22. The van der Waals surface area contributed by atoms with E-state index < -0.39 is 0 Å². The number of halogens is 1. The summed E-state index contributed by atoms with van der Waals surface area (Å²) >= 11 is 0. The Bertz CT molecular complexity index is 547. The third-order valence-electron chi connectivity index (χ3n) is 3.40. The van der Waals surface area contributed by atoms with Crippen LogP contribution in [0.5, 0.6) is 0 Å². The lowest BCUT2D eigenvalue weighted by Crippen LogP contribution is -2.18. The lowest BCUT2D eigenvalue weighted by Gasteiger charge is -2.22. The van der Waals surface area contributed by atoms with Crippen LogP contribution in [0.25, 0.3) is 0 Å². The first-order valence-corrected chi connectivity index (χ1v) is 6.70. The number of nitrogens with zero attached hydrogens (tertiary/aromatic N) is 2. The summed E-state index contributed by atoms with van der Waals surface area (Å²) in [6.45, 7) is 0.809. The zero-order valence-corrected chi connectivity index (χ0v) is 10.8. The molecule has 0 spiro atoms. The molecule has 2 heterocycles. The van der Waals surface area contributed by atoms with Crippen LogP contribution in [0.2, 0.25) is 0 Å². The average molecular weight is 260 g/mol. The van der Waals surface area contributed by atoms with E-state index in [0.717, 1.165) is 30.6 Å². The maximum Gasteiger partial charge on any atom is 0.150 e. The van der Waals surface area contributed by atoms with Gasteiger partial charge >= 0.3 is 0 Å². The van der Waals surface area contributed by atoms with Crippen molar-refractivity contribution in [3.05, 3.63) is 53.6 Å². The summed E-state index contributed by atoms with van der Waals surface area (Å²) in [5, 5.41) is 4.36. The Morgan fingerprint density at radius 2 is 2.26 bits per heavy atom. The van der Waals surface area contributed by atoms with Crippen molar-refractivity contribution in [3.8, 4) is 0 Å². The summed E-state index contributed by atoms with van der Waals surface area (Å²) in [5.41, 5.74) is 2.05. The second-order valence-electron chi connectivity index (χ2n) is 4.96. The normalized spacial score (nSPS) is 19.5. The molecule has 0 N–H and O–H groups in total. The molecule has 1 atom stereocenters. The number of rotatable bonds is 3. The zero-order chi connectivity index (χ0) is 13.1. The van der Waals surface area contributed by atoms with E-state index in [2.05, 4.69) is 5.10 Å². The molecule has 1 fully saturated rings.